The highest BCUT2D eigenvalue weighted by molar-refractivity contribution is 14.1. The van der Waals surface area contributed by atoms with E-state index in [4.69, 9.17) is 51.1 Å². The molecule has 2 rings (SSSR count). The Bertz CT molecular complexity index is 917. The molecule has 0 amide bonds. The third-order valence-electron chi connectivity index (χ3n) is 3.22. The average Bonchev–Trinajstić information content (AvgIpc) is 2.60. The summed E-state index contributed by atoms with van der Waals surface area (Å²) < 4.78 is 6.16. The molecular weight excluding hydrogens is 664 g/mol. The summed E-state index contributed by atoms with van der Waals surface area (Å²) in [5, 5.41) is 10.8. The molecule has 0 fully saturated rings. The number of ketones is 2. The Labute approximate surface area is 203 Å². The minimum Gasteiger partial charge on any atom is -0.506 e. The van der Waals surface area contributed by atoms with Crippen LogP contribution in [-0.2, 0) is 0 Å². The van der Waals surface area contributed by atoms with E-state index in [9.17, 15) is 14.7 Å². The Kier molecular flexibility index (Phi) is 9.91. The number of methoxy groups -OCH3 is 1. The second-order valence-electron chi connectivity index (χ2n) is 5.06. The topological polar surface area (TPSA) is 63.6 Å². The van der Waals surface area contributed by atoms with Crippen molar-refractivity contribution in [3.8, 4) is 11.5 Å². The van der Waals surface area contributed by atoms with Crippen LogP contribution in [0.2, 0.25) is 20.1 Å². The first-order valence-electron chi connectivity index (χ1n) is 7.03. The van der Waals surface area contributed by atoms with Gasteiger partial charge >= 0.3 is 0 Å². The second-order valence-corrected chi connectivity index (χ2v) is 8.79. The molecule has 0 spiro atoms. The molecule has 10 heteroatoms. The van der Waals surface area contributed by atoms with Crippen molar-refractivity contribution < 1.29 is 19.4 Å². The van der Waals surface area contributed by atoms with Crippen molar-refractivity contribution in [1.82, 2.24) is 0 Å². The fourth-order valence-corrected chi connectivity index (χ4v) is 4.29. The highest BCUT2D eigenvalue weighted by Crippen LogP contribution is 2.38. The van der Waals surface area contributed by atoms with Gasteiger partial charge in [0.15, 0.2) is 11.6 Å². The molecule has 27 heavy (non-hydrogen) atoms. The molecule has 0 heterocycles. The zero-order chi connectivity index (χ0) is 21.0. The number of hydrogen-bond acceptors (Lipinski definition) is 4. The average molecular weight is 676 g/mol. The third-order valence-corrected chi connectivity index (χ3v) is 7.51. The monoisotopic (exact) mass is 674 g/mol. The number of hydrogen-bond donors (Lipinski definition) is 1. The van der Waals surface area contributed by atoms with Crippen molar-refractivity contribution in [2.24, 2.45) is 0 Å². The van der Waals surface area contributed by atoms with E-state index in [2.05, 4.69) is 0 Å². The van der Waals surface area contributed by atoms with Crippen molar-refractivity contribution >= 4 is 103 Å². The smallest absolute Gasteiger partial charge is 0.163 e. The molecule has 0 saturated carbocycles. The molecule has 0 atom stereocenters. The number of halogens is 6. The van der Waals surface area contributed by atoms with Crippen molar-refractivity contribution in [2.45, 2.75) is 13.8 Å². The maximum absolute atomic E-state index is 11.3. The third kappa shape index (κ3) is 5.99. The predicted octanol–water partition coefficient (Wildman–Crippen LogP) is 7.32. The number of Topliss-reactive ketones (excluding diaryl/α,β-unsaturated/α-hetero) is 2. The molecular formula is C17H12Cl4I2O4. The van der Waals surface area contributed by atoms with Gasteiger partial charge < -0.3 is 9.84 Å². The minimum atomic E-state index is -0.242. The van der Waals surface area contributed by atoms with Crippen LogP contribution < -0.4 is 4.74 Å². The summed E-state index contributed by atoms with van der Waals surface area (Å²) >= 11 is 27.1. The minimum absolute atomic E-state index is 0.0988. The molecule has 4 nitrogen and oxygen atoms in total. The first-order valence-corrected chi connectivity index (χ1v) is 10.7. The summed E-state index contributed by atoms with van der Waals surface area (Å²) in [6.07, 6.45) is 0. The molecule has 2 aromatic rings. The summed E-state index contributed by atoms with van der Waals surface area (Å²) in [6.45, 7) is 2.81. The van der Waals surface area contributed by atoms with Crippen molar-refractivity contribution in [2.75, 3.05) is 7.11 Å². The quantitative estimate of drug-likeness (QED) is 0.211. The molecule has 146 valence electrons. The number of carbonyl (C=O) groups is 2. The van der Waals surface area contributed by atoms with Crippen LogP contribution in [0.4, 0.5) is 0 Å². The number of phenols is 1. The van der Waals surface area contributed by atoms with E-state index >= 15 is 0 Å². The van der Waals surface area contributed by atoms with Gasteiger partial charge in [0.1, 0.15) is 11.5 Å². The van der Waals surface area contributed by atoms with Crippen molar-refractivity contribution in [1.29, 1.82) is 0 Å². The summed E-state index contributed by atoms with van der Waals surface area (Å²) in [4.78, 5) is 22.3. The summed E-state index contributed by atoms with van der Waals surface area (Å²) in [5.74, 6) is 0.0299. The van der Waals surface area contributed by atoms with E-state index in [0.717, 1.165) is 0 Å². The zero-order valence-electron chi connectivity index (χ0n) is 14.1. The number of ether oxygens (including phenoxy) is 1. The molecule has 0 radical (unpaired) electrons. The van der Waals surface area contributed by atoms with Gasteiger partial charge in [-0.1, -0.05) is 46.4 Å². The van der Waals surface area contributed by atoms with Crippen LogP contribution in [0.3, 0.4) is 0 Å². The number of aromatic hydroxyl groups is 1. The van der Waals surface area contributed by atoms with Crippen LogP contribution >= 0.6 is 91.6 Å². The second kappa shape index (κ2) is 10.7. The van der Waals surface area contributed by atoms with Gasteiger partial charge in [-0.3, -0.25) is 9.59 Å². The van der Waals surface area contributed by atoms with E-state index in [1.165, 1.54) is 33.1 Å². The Morgan fingerprint density at radius 1 is 0.889 bits per heavy atom. The van der Waals surface area contributed by atoms with E-state index < -0.39 is 0 Å². The lowest BCUT2D eigenvalue weighted by Crippen LogP contribution is -2.00. The Morgan fingerprint density at radius 3 is 1.70 bits per heavy atom. The van der Waals surface area contributed by atoms with Gasteiger partial charge in [-0.15, -0.1) is 0 Å². The fourth-order valence-electron chi connectivity index (χ4n) is 1.89. The van der Waals surface area contributed by atoms with Crippen LogP contribution in [0.15, 0.2) is 12.1 Å². The van der Waals surface area contributed by atoms with Crippen LogP contribution in [0.5, 0.6) is 11.5 Å². The van der Waals surface area contributed by atoms with Gasteiger partial charge in [-0.05, 0) is 71.2 Å². The Balaban J connectivity index is 0.000000271. The van der Waals surface area contributed by atoms with Crippen LogP contribution in [0.25, 0.3) is 0 Å². The number of rotatable bonds is 3. The van der Waals surface area contributed by atoms with Crippen LogP contribution in [-0.4, -0.2) is 23.8 Å². The van der Waals surface area contributed by atoms with Crippen molar-refractivity contribution in [3.63, 3.8) is 0 Å². The first kappa shape index (κ1) is 25.0. The molecule has 0 aliphatic heterocycles. The van der Waals surface area contributed by atoms with Crippen molar-refractivity contribution in [3.05, 3.63) is 50.5 Å². The first-order chi connectivity index (χ1) is 12.4. The van der Waals surface area contributed by atoms with E-state index in [1.54, 1.807) is 0 Å². The lowest BCUT2D eigenvalue weighted by Gasteiger charge is -2.10. The number of benzene rings is 2. The molecule has 0 aliphatic carbocycles. The molecule has 0 aliphatic rings. The highest BCUT2D eigenvalue weighted by Gasteiger charge is 2.17. The molecule has 1 N–H and O–H groups in total. The zero-order valence-corrected chi connectivity index (χ0v) is 21.4. The molecule has 0 bridgehead atoms. The number of phenolic OH excluding ortho intramolecular Hbond substituents is 1. The summed E-state index contributed by atoms with van der Waals surface area (Å²) in [5.41, 5.74) is 0.644. The van der Waals surface area contributed by atoms with E-state index in [0.29, 0.717) is 28.5 Å². The Morgan fingerprint density at radius 2 is 1.30 bits per heavy atom. The SMILES string of the molecule is CC(=O)c1cc(Cl)c(Cl)c(I)c1O.COc1c(C(C)=O)cc(Cl)c(Cl)c1I. The molecule has 0 aromatic heterocycles. The summed E-state index contributed by atoms with van der Waals surface area (Å²) in [6, 6.07) is 2.89. The molecule has 0 saturated heterocycles. The molecule has 0 unspecified atom stereocenters. The highest BCUT2D eigenvalue weighted by atomic mass is 127. The Hall–Kier alpha value is -0.000000000000000111. The lowest BCUT2D eigenvalue weighted by molar-refractivity contribution is 0.100. The van der Waals surface area contributed by atoms with Crippen LogP contribution in [0.1, 0.15) is 34.6 Å². The number of carbonyl (C=O) groups excluding carboxylic acids is 2. The standard InChI is InChI=1S/C9H7Cl2IO2.C8H5Cl2IO2/c1-4(13)5-3-6(10)7(11)8(12)9(5)14-2;1-3(12)4-2-5(9)6(10)7(11)8(4)13/h3H,1-2H3;2,13H,1H3. The normalized spacial score (nSPS) is 10.1. The van der Waals surface area contributed by atoms with E-state index in [-0.39, 0.29) is 32.9 Å². The van der Waals surface area contributed by atoms with Gasteiger partial charge in [0.05, 0.1) is 45.5 Å². The molecule has 2 aromatic carbocycles. The van der Waals surface area contributed by atoms with Gasteiger partial charge in [-0.2, -0.15) is 0 Å². The van der Waals surface area contributed by atoms with Crippen LogP contribution in [0, 0.1) is 7.14 Å². The fraction of sp³-hybridized carbons (Fsp3) is 0.176. The largest absolute Gasteiger partial charge is 0.506 e. The van der Waals surface area contributed by atoms with Gasteiger partial charge in [0.25, 0.3) is 0 Å². The predicted molar refractivity (Wildman–Crippen MR) is 127 cm³/mol. The van der Waals surface area contributed by atoms with Gasteiger partial charge in [-0.25, -0.2) is 0 Å². The lowest BCUT2D eigenvalue weighted by atomic mass is 10.1. The maximum Gasteiger partial charge on any atom is 0.163 e. The maximum atomic E-state index is 11.3. The van der Waals surface area contributed by atoms with Gasteiger partial charge in [0.2, 0.25) is 0 Å². The van der Waals surface area contributed by atoms with E-state index in [1.807, 2.05) is 45.2 Å². The van der Waals surface area contributed by atoms with Gasteiger partial charge in [0, 0.05) is 0 Å². The summed E-state index contributed by atoms with van der Waals surface area (Å²) in [7, 11) is 1.49.